The van der Waals surface area contributed by atoms with Gasteiger partial charge in [-0.2, -0.15) is 0 Å². The molecule has 5 nitrogen and oxygen atoms in total. The number of rotatable bonds is 7. The lowest BCUT2D eigenvalue weighted by atomic mass is 10.3. The Morgan fingerprint density at radius 3 is 3.00 bits per heavy atom. The summed E-state index contributed by atoms with van der Waals surface area (Å²) in [6.07, 6.45) is 0. The summed E-state index contributed by atoms with van der Waals surface area (Å²) < 4.78 is 4.86. The standard InChI is InChI=1S/C11H19N3O2S/c1-8-7-17-10(14-8)6-13-9(2)11(15)12-4-5-16-3/h7,9,13H,4-6H2,1-3H3,(H,12,15). The Morgan fingerprint density at radius 1 is 1.65 bits per heavy atom. The summed E-state index contributed by atoms with van der Waals surface area (Å²) in [5, 5.41) is 8.91. The molecular weight excluding hydrogens is 238 g/mol. The molecule has 6 heteroatoms. The third-order valence-corrected chi connectivity index (χ3v) is 3.19. The predicted octanol–water partition coefficient (Wildman–Crippen LogP) is 0.692. The number of aryl methyl sites for hydroxylation is 1. The highest BCUT2D eigenvalue weighted by molar-refractivity contribution is 7.09. The van der Waals surface area contributed by atoms with E-state index < -0.39 is 0 Å². The van der Waals surface area contributed by atoms with Gasteiger partial charge >= 0.3 is 0 Å². The maximum absolute atomic E-state index is 11.6. The third-order valence-electron chi connectivity index (χ3n) is 2.22. The van der Waals surface area contributed by atoms with E-state index in [9.17, 15) is 4.79 Å². The van der Waals surface area contributed by atoms with Crippen LogP contribution in [0.1, 0.15) is 17.6 Å². The molecule has 0 bridgehead atoms. The fourth-order valence-electron chi connectivity index (χ4n) is 1.25. The van der Waals surface area contributed by atoms with Crippen molar-refractivity contribution in [3.8, 4) is 0 Å². The summed E-state index contributed by atoms with van der Waals surface area (Å²) in [7, 11) is 1.61. The van der Waals surface area contributed by atoms with Crippen molar-refractivity contribution in [2.45, 2.75) is 26.4 Å². The van der Waals surface area contributed by atoms with Gasteiger partial charge in [-0.3, -0.25) is 10.1 Å². The van der Waals surface area contributed by atoms with Crippen LogP contribution in [0.2, 0.25) is 0 Å². The molecule has 1 rings (SSSR count). The molecule has 1 aromatic heterocycles. The van der Waals surface area contributed by atoms with Crippen LogP contribution in [0.3, 0.4) is 0 Å². The second-order valence-electron chi connectivity index (χ2n) is 3.77. The van der Waals surface area contributed by atoms with Crippen molar-refractivity contribution >= 4 is 17.2 Å². The highest BCUT2D eigenvalue weighted by Gasteiger charge is 2.11. The SMILES string of the molecule is COCCNC(=O)C(C)NCc1nc(C)cs1. The number of nitrogens with one attached hydrogen (secondary N) is 2. The second kappa shape index (κ2) is 7.37. The Hall–Kier alpha value is -0.980. The first-order chi connectivity index (χ1) is 8.13. The van der Waals surface area contributed by atoms with Gasteiger partial charge in [-0.25, -0.2) is 4.98 Å². The van der Waals surface area contributed by atoms with Gasteiger partial charge in [0.05, 0.1) is 12.6 Å². The van der Waals surface area contributed by atoms with Gasteiger partial charge in [0.15, 0.2) is 0 Å². The molecule has 0 radical (unpaired) electrons. The van der Waals surface area contributed by atoms with Crippen LogP contribution >= 0.6 is 11.3 Å². The van der Waals surface area contributed by atoms with E-state index in [-0.39, 0.29) is 11.9 Å². The minimum atomic E-state index is -0.226. The third kappa shape index (κ3) is 5.25. The van der Waals surface area contributed by atoms with Crippen molar-refractivity contribution in [1.82, 2.24) is 15.6 Å². The van der Waals surface area contributed by atoms with Crippen molar-refractivity contribution in [2.24, 2.45) is 0 Å². The second-order valence-corrected chi connectivity index (χ2v) is 4.71. The molecule has 0 spiro atoms. The quantitative estimate of drug-likeness (QED) is 0.706. The molecule has 1 unspecified atom stereocenters. The average molecular weight is 257 g/mol. The molecule has 2 N–H and O–H groups in total. The number of ether oxygens (including phenoxy) is 1. The zero-order chi connectivity index (χ0) is 12.7. The molecule has 0 aromatic carbocycles. The first-order valence-electron chi connectivity index (χ1n) is 5.54. The molecular formula is C11H19N3O2S. The van der Waals surface area contributed by atoms with Crippen molar-refractivity contribution in [3.05, 3.63) is 16.1 Å². The molecule has 96 valence electrons. The summed E-state index contributed by atoms with van der Waals surface area (Å²) in [6.45, 7) is 5.49. The van der Waals surface area contributed by atoms with Crippen molar-refractivity contribution < 1.29 is 9.53 Å². The van der Waals surface area contributed by atoms with Crippen LogP contribution in [0.15, 0.2) is 5.38 Å². The Balaban J connectivity index is 2.24. The number of thiazole rings is 1. The Labute approximate surface area is 106 Å². The molecule has 0 aliphatic carbocycles. The highest BCUT2D eigenvalue weighted by atomic mass is 32.1. The predicted molar refractivity (Wildman–Crippen MR) is 68.0 cm³/mol. The van der Waals surface area contributed by atoms with Gasteiger partial charge in [0.2, 0.25) is 5.91 Å². The Morgan fingerprint density at radius 2 is 2.41 bits per heavy atom. The number of carbonyl (C=O) groups is 1. The van der Waals surface area contributed by atoms with E-state index in [0.717, 1.165) is 10.7 Å². The molecule has 0 aliphatic heterocycles. The number of amides is 1. The van der Waals surface area contributed by atoms with Crippen LogP contribution in [-0.4, -0.2) is 37.2 Å². The fourth-order valence-corrected chi connectivity index (χ4v) is 1.97. The Kier molecular flexibility index (Phi) is 6.10. The zero-order valence-electron chi connectivity index (χ0n) is 10.4. The number of aromatic nitrogens is 1. The van der Waals surface area contributed by atoms with Crippen LogP contribution in [-0.2, 0) is 16.1 Å². The monoisotopic (exact) mass is 257 g/mol. The molecule has 1 atom stereocenters. The van der Waals surface area contributed by atoms with E-state index in [1.165, 1.54) is 0 Å². The minimum Gasteiger partial charge on any atom is -0.383 e. The number of nitrogens with zero attached hydrogens (tertiary/aromatic N) is 1. The van der Waals surface area contributed by atoms with Crippen LogP contribution in [0, 0.1) is 6.92 Å². The first-order valence-corrected chi connectivity index (χ1v) is 6.42. The molecule has 1 amide bonds. The topological polar surface area (TPSA) is 63.2 Å². The normalized spacial score (nSPS) is 12.4. The van der Waals surface area contributed by atoms with Gasteiger partial charge in [0, 0.05) is 31.3 Å². The van der Waals surface area contributed by atoms with Crippen LogP contribution in [0.4, 0.5) is 0 Å². The highest BCUT2D eigenvalue weighted by Crippen LogP contribution is 2.08. The summed E-state index contributed by atoms with van der Waals surface area (Å²) in [5.74, 6) is -0.0182. The van der Waals surface area contributed by atoms with E-state index in [2.05, 4.69) is 15.6 Å². The minimum absolute atomic E-state index is 0.0182. The molecule has 1 aromatic rings. The zero-order valence-corrected chi connectivity index (χ0v) is 11.3. The average Bonchev–Trinajstić information content (AvgIpc) is 2.72. The van der Waals surface area contributed by atoms with Gasteiger partial charge in [0.1, 0.15) is 5.01 Å². The van der Waals surface area contributed by atoms with Gasteiger partial charge in [-0.05, 0) is 13.8 Å². The lowest BCUT2D eigenvalue weighted by Gasteiger charge is -2.12. The molecule has 0 saturated carbocycles. The summed E-state index contributed by atoms with van der Waals surface area (Å²) in [4.78, 5) is 15.9. The summed E-state index contributed by atoms with van der Waals surface area (Å²) >= 11 is 1.60. The van der Waals surface area contributed by atoms with Crippen molar-refractivity contribution in [1.29, 1.82) is 0 Å². The van der Waals surface area contributed by atoms with Crippen LogP contribution in [0.5, 0.6) is 0 Å². The molecule has 1 heterocycles. The van der Waals surface area contributed by atoms with Crippen molar-refractivity contribution in [3.63, 3.8) is 0 Å². The number of carbonyl (C=O) groups excluding carboxylic acids is 1. The maximum atomic E-state index is 11.6. The fraction of sp³-hybridized carbons (Fsp3) is 0.636. The van der Waals surface area contributed by atoms with E-state index in [1.54, 1.807) is 18.4 Å². The summed E-state index contributed by atoms with van der Waals surface area (Å²) in [5.41, 5.74) is 1.02. The number of methoxy groups -OCH3 is 1. The molecule has 0 saturated heterocycles. The molecule has 17 heavy (non-hydrogen) atoms. The lowest BCUT2D eigenvalue weighted by Crippen LogP contribution is -2.42. The first kappa shape index (κ1) is 14.1. The van der Waals surface area contributed by atoms with E-state index in [0.29, 0.717) is 19.7 Å². The molecule has 0 aliphatic rings. The number of hydrogen-bond donors (Lipinski definition) is 2. The van der Waals surface area contributed by atoms with E-state index >= 15 is 0 Å². The Bertz CT molecular complexity index is 354. The van der Waals surface area contributed by atoms with Gasteiger partial charge < -0.3 is 10.1 Å². The number of hydrogen-bond acceptors (Lipinski definition) is 5. The smallest absolute Gasteiger partial charge is 0.236 e. The van der Waals surface area contributed by atoms with Crippen molar-refractivity contribution in [2.75, 3.05) is 20.3 Å². The van der Waals surface area contributed by atoms with Crippen LogP contribution < -0.4 is 10.6 Å². The summed E-state index contributed by atoms with van der Waals surface area (Å²) in [6, 6.07) is -0.226. The van der Waals surface area contributed by atoms with Gasteiger partial charge in [-0.1, -0.05) is 0 Å². The maximum Gasteiger partial charge on any atom is 0.236 e. The van der Waals surface area contributed by atoms with Gasteiger partial charge in [-0.15, -0.1) is 11.3 Å². The van der Waals surface area contributed by atoms with E-state index in [1.807, 2.05) is 19.2 Å². The largest absolute Gasteiger partial charge is 0.383 e. The van der Waals surface area contributed by atoms with Gasteiger partial charge in [0.25, 0.3) is 0 Å². The molecule has 0 fully saturated rings. The van der Waals surface area contributed by atoms with E-state index in [4.69, 9.17) is 4.74 Å². The van der Waals surface area contributed by atoms with Crippen LogP contribution in [0.25, 0.3) is 0 Å². The lowest BCUT2D eigenvalue weighted by molar-refractivity contribution is -0.122.